The lowest BCUT2D eigenvalue weighted by atomic mass is 9.82. The second-order valence-corrected chi connectivity index (χ2v) is 15.7. The van der Waals surface area contributed by atoms with Crippen LogP contribution in [0, 0.1) is 0 Å². The molecule has 47 heavy (non-hydrogen) atoms. The predicted octanol–water partition coefficient (Wildman–Crippen LogP) is 11.0. The number of fused-ring (bicyclic) bond motifs is 6. The summed E-state index contributed by atoms with van der Waals surface area (Å²) >= 11 is 3.67. The third kappa shape index (κ3) is 7.90. The number of amides is 2. The van der Waals surface area contributed by atoms with Gasteiger partial charge in [-0.25, -0.2) is 9.59 Å². The fourth-order valence-corrected chi connectivity index (χ4v) is 6.86. The van der Waals surface area contributed by atoms with E-state index in [1.54, 1.807) is 20.8 Å². The lowest BCUT2D eigenvalue weighted by molar-refractivity contribution is 0.0596. The first-order chi connectivity index (χ1) is 21.7. The van der Waals surface area contributed by atoms with E-state index < -0.39 is 23.4 Å². The molecule has 2 amide bonds. The molecule has 0 atom stereocenters. The molecule has 6 rings (SSSR count). The Hall–Kier alpha value is -4.10. The van der Waals surface area contributed by atoms with Crippen LogP contribution in [0.1, 0.15) is 91.5 Å². The molecule has 0 heterocycles. The Labute approximate surface area is 288 Å². The number of halogens is 1. The van der Waals surface area contributed by atoms with Crippen LogP contribution < -0.4 is 11.1 Å². The molecular weight excluding hydrogens is 652 g/mol. The largest absolute Gasteiger partial charge is 0.444 e. The lowest BCUT2D eigenvalue weighted by Gasteiger charge is -2.22. The van der Waals surface area contributed by atoms with E-state index in [2.05, 4.69) is 120 Å². The molecule has 6 nitrogen and oxygen atoms in total. The molecule has 0 aliphatic heterocycles. The van der Waals surface area contributed by atoms with Gasteiger partial charge in [0, 0.05) is 26.4 Å². The van der Waals surface area contributed by atoms with Gasteiger partial charge in [-0.05, 0) is 87.1 Å². The highest BCUT2D eigenvalue weighted by atomic mass is 79.9. The van der Waals surface area contributed by atoms with Crippen LogP contribution in [0.2, 0.25) is 0 Å². The molecule has 4 aromatic rings. The molecule has 4 aromatic carbocycles. The number of carbonyl (C=O) groups is 2. The van der Waals surface area contributed by atoms with Crippen LogP contribution in [0.25, 0.3) is 22.3 Å². The Bertz CT molecular complexity index is 1790. The molecule has 0 unspecified atom stereocenters. The van der Waals surface area contributed by atoms with Crippen molar-refractivity contribution < 1.29 is 19.1 Å². The fourth-order valence-electron chi connectivity index (χ4n) is 6.28. The summed E-state index contributed by atoms with van der Waals surface area (Å²) in [5.74, 6) is 0. The van der Waals surface area contributed by atoms with Gasteiger partial charge in [-0.3, -0.25) is 5.32 Å². The number of rotatable bonds is 1. The highest BCUT2D eigenvalue weighted by Crippen LogP contribution is 2.52. The number of nitrogens with one attached hydrogen (secondary N) is 1. The molecule has 248 valence electrons. The number of benzene rings is 4. The van der Waals surface area contributed by atoms with E-state index in [0.29, 0.717) is 0 Å². The Morgan fingerprint density at radius 3 is 1.51 bits per heavy atom. The summed E-state index contributed by atoms with van der Waals surface area (Å²) in [5, 5.41) is 2.92. The maximum Gasteiger partial charge on any atom is 0.412 e. The van der Waals surface area contributed by atoms with Gasteiger partial charge in [-0.2, -0.15) is 0 Å². The van der Waals surface area contributed by atoms with Gasteiger partial charge in [-0.1, -0.05) is 116 Å². The van der Waals surface area contributed by atoms with Gasteiger partial charge < -0.3 is 15.2 Å². The summed E-state index contributed by atoms with van der Waals surface area (Å²) in [6.07, 6.45) is -1.15. The number of carbonyl (C=O) groups excluding carboxylic acids is 2. The van der Waals surface area contributed by atoms with Crippen LogP contribution in [-0.2, 0) is 20.3 Å². The van der Waals surface area contributed by atoms with E-state index in [9.17, 15) is 9.59 Å². The molecule has 0 fully saturated rings. The Balaban J connectivity index is 0.000000180. The highest BCUT2D eigenvalue weighted by molar-refractivity contribution is 9.10. The van der Waals surface area contributed by atoms with E-state index in [4.69, 9.17) is 10.5 Å². The van der Waals surface area contributed by atoms with Gasteiger partial charge in [0.15, 0.2) is 0 Å². The first-order valence-corrected chi connectivity index (χ1v) is 16.6. The van der Waals surface area contributed by atoms with Gasteiger partial charge in [0.1, 0.15) is 11.2 Å². The maximum absolute atomic E-state index is 12.2. The van der Waals surface area contributed by atoms with Crippen LogP contribution in [0.3, 0.4) is 0 Å². The highest BCUT2D eigenvalue weighted by Gasteiger charge is 2.37. The lowest BCUT2D eigenvalue weighted by Crippen LogP contribution is -2.27. The average molecular weight is 700 g/mol. The Morgan fingerprint density at radius 2 is 1.04 bits per heavy atom. The van der Waals surface area contributed by atoms with Gasteiger partial charge in [0.05, 0.1) is 5.69 Å². The van der Waals surface area contributed by atoms with E-state index in [-0.39, 0.29) is 10.8 Å². The minimum absolute atomic E-state index is 0.0719. The average Bonchev–Trinajstić information content (AvgIpc) is 3.33. The molecular formula is C40H47BrN2O4. The van der Waals surface area contributed by atoms with Crippen molar-refractivity contribution >= 4 is 33.8 Å². The third-order valence-corrected chi connectivity index (χ3v) is 8.87. The first-order valence-electron chi connectivity index (χ1n) is 15.8. The Kier molecular flexibility index (Phi) is 10.0. The van der Waals surface area contributed by atoms with Crippen LogP contribution in [-0.4, -0.2) is 23.4 Å². The zero-order valence-corrected chi connectivity index (χ0v) is 30.8. The molecule has 3 N–H and O–H groups in total. The van der Waals surface area contributed by atoms with E-state index >= 15 is 0 Å². The second-order valence-electron chi connectivity index (χ2n) is 14.9. The van der Waals surface area contributed by atoms with Crippen LogP contribution in [0.4, 0.5) is 15.3 Å². The summed E-state index contributed by atoms with van der Waals surface area (Å²) in [6, 6.07) is 29.6. The predicted molar refractivity (Wildman–Crippen MR) is 196 cm³/mol. The van der Waals surface area contributed by atoms with E-state index in [1.165, 1.54) is 43.4 Å². The number of hydrogen-bond acceptors (Lipinski definition) is 4. The summed E-state index contributed by atoms with van der Waals surface area (Å²) in [4.78, 5) is 22.2. The van der Waals surface area contributed by atoms with Crippen molar-refractivity contribution in [2.75, 3.05) is 5.32 Å². The summed E-state index contributed by atoms with van der Waals surface area (Å²) < 4.78 is 11.2. The van der Waals surface area contributed by atoms with Crippen LogP contribution in [0.5, 0.6) is 0 Å². The monoisotopic (exact) mass is 698 g/mol. The SMILES string of the molecule is CC(C)(C)OC(=O)Nc1cccc2c1-c1ccccc1C2(C)C.CC(C)(C)OC(N)=O.CC1(C)c2ccccc2-c2c(Br)cccc21. The quantitative estimate of drug-likeness (QED) is 0.207. The van der Waals surface area contributed by atoms with Gasteiger partial charge in [0.25, 0.3) is 0 Å². The summed E-state index contributed by atoms with van der Waals surface area (Å²) in [6.45, 7) is 19.9. The fraction of sp³-hybridized carbons (Fsp3) is 0.350. The number of anilines is 1. The number of hydrogen-bond donors (Lipinski definition) is 2. The number of primary amides is 1. The maximum atomic E-state index is 12.2. The van der Waals surface area contributed by atoms with Crippen molar-refractivity contribution in [2.45, 2.75) is 91.3 Å². The van der Waals surface area contributed by atoms with Crippen molar-refractivity contribution in [3.63, 3.8) is 0 Å². The zero-order chi connectivity index (χ0) is 34.9. The molecule has 0 bridgehead atoms. The number of nitrogens with two attached hydrogens (primary N) is 1. The van der Waals surface area contributed by atoms with Crippen molar-refractivity contribution in [3.05, 3.63) is 112 Å². The molecule has 0 radical (unpaired) electrons. The Morgan fingerprint density at radius 1 is 0.617 bits per heavy atom. The zero-order valence-electron chi connectivity index (χ0n) is 29.2. The van der Waals surface area contributed by atoms with E-state index in [0.717, 1.165) is 11.3 Å². The topological polar surface area (TPSA) is 90.7 Å². The van der Waals surface area contributed by atoms with Crippen LogP contribution in [0.15, 0.2) is 89.4 Å². The summed E-state index contributed by atoms with van der Waals surface area (Å²) in [5.41, 5.74) is 15.0. The molecule has 0 saturated heterocycles. The van der Waals surface area contributed by atoms with Gasteiger partial charge in [0.2, 0.25) is 0 Å². The van der Waals surface area contributed by atoms with Crippen molar-refractivity contribution in [2.24, 2.45) is 5.73 Å². The first kappa shape index (κ1) is 35.7. The van der Waals surface area contributed by atoms with Crippen molar-refractivity contribution in [1.29, 1.82) is 0 Å². The molecule has 0 aromatic heterocycles. The van der Waals surface area contributed by atoms with Gasteiger partial charge >= 0.3 is 12.2 Å². The van der Waals surface area contributed by atoms with Crippen LogP contribution >= 0.6 is 15.9 Å². The van der Waals surface area contributed by atoms with Crippen molar-refractivity contribution in [3.8, 4) is 22.3 Å². The molecule has 2 aliphatic carbocycles. The molecule has 2 aliphatic rings. The minimum Gasteiger partial charge on any atom is -0.444 e. The number of ether oxygens (including phenoxy) is 2. The third-order valence-electron chi connectivity index (χ3n) is 8.21. The normalized spacial score (nSPS) is 14.4. The second kappa shape index (κ2) is 13.2. The smallest absolute Gasteiger partial charge is 0.412 e. The standard InChI is InChI=1S/C20H23NO2.C15H13Br.C5H11NO2/c1-19(2,3)23-18(22)21-16-12-8-11-15-17(16)13-9-6-7-10-14(13)20(15,4)5;1-15(2)11-7-4-3-6-10(11)14-12(15)8-5-9-13(14)16;1-5(2,3)8-4(6)7/h6-12H,1-5H3,(H,21,22);3-9H,1-2H3;1-3H3,(H2,6,7). The van der Waals surface area contributed by atoms with E-state index in [1.807, 2.05) is 39.0 Å². The molecule has 7 heteroatoms. The molecule has 0 spiro atoms. The minimum atomic E-state index is -0.725. The van der Waals surface area contributed by atoms with Crippen molar-refractivity contribution in [1.82, 2.24) is 0 Å². The summed E-state index contributed by atoms with van der Waals surface area (Å²) in [7, 11) is 0. The molecule has 0 saturated carbocycles. The van der Waals surface area contributed by atoms with Gasteiger partial charge in [-0.15, -0.1) is 0 Å².